The molecule has 0 radical (unpaired) electrons. The van der Waals surface area contributed by atoms with Crippen molar-refractivity contribution in [2.45, 2.75) is 18.9 Å². The van der Waals surface area contributed by atoms with Crippen molar-refractivity contribution in [1.82, 2.24) is 10.2 Å². The number of carbonyl (C=O) groups is 1. The van der Waals surface area contributed by atoms with Gasteiger partial charge in [0, 0.05) is 18.2 Å². The molecule has 0 unspecified atom stereocenters. The zero-order valence-corrected chi connectivity index (χ0v) is 12.2. The first kappa shape index (κ1) is 12.4. The number of piperidine rings is 3. The Kier molecular flexibility index (Phi) is 3.00. The van der Waals surface area contributed by atoms with Crippen LogP contribution < -0.4 is 5.32 Å². The fraction of sp³-hybridized carbons (Fsp3) is 0.438. The number of carbonyl (C=O) groups excluding carboxylic acids is 1. The van der Waals surface area contributed by atoms with Crippen LogP contribution in [0.25, 0.3) is 10.8 Å². The highest BCUT2D eigenvalue weighted by atomic mass is 32.1. The van der Waals surface area contributed by atoms with Gasteiger partial charge in [-0.05, 0) is 65.5 Å². The Hall–Kier alpha value is -1.39. The maximum atomic E-state index is 12.4. The molecule has 1 aromatic heterocycles. The van der Waals surface area contributed by atoms with E-state index in [1.807, 2.05) is 18.2 Å². The summed E-state index contributed by atoms with van der Waals surface area (Å²) in [4.78, 5) is 14.9. The molecule has 0 aliphatic carbocycles. The third-order valence-corrected chi connectivity index (χ3v) is 5.49. The molecule has 3 aliphatic rings. The lowest BCUT2D eigenvalue weighted by molar-refractivity contribution is 0.0620. The van der Waals surface area contributed by atoms with Crippen LogP contribution in [0, 0.1) is 5.92 Å². The summed E-state index contributed by atoms with van der Waals surface area (Å²) >= 11 is 1.68. The number of nitrogens with one attached hydrogen (secondary N) is 1. The van der Waals surface area contributed by atoms with E-state index in [-0.39, 0.29) is 5.91 Å². The summed E-state index contributed by atoms with van der Waals surface area (Å²) in [5.41, 5.74) is 0.785. The second-order valence-electron chi connectivity index (χ2n) is 5.93. The number of amides is 1. The molecular formula is C16H18N2OS. The molecule has 4 heteroatoms. The van der Waals surface area contributed by atoms with Crippen LogP contribution in [0.4, 0.5) is 0 Å². The van der Waals surface area contributed by atoms with Gasteiger partial charge in [-0.3, -0.25) is 4.79 Å². The summed E-state index contributed by atoms with van der Waals surface area (Å²) in [6.45, 7) is 3.44. The first-order chi connectivity index (χ1) is 9.79. The van der Waals surface area contributed by atoms with Crippen LogP contribution >= 0.6 is 11.3 Å². The Morgan fingerprint density at radius 3 is 2.75 bits per heavy atom. The SMILES string of the molecule is O=C(N[C@H]1CN2CCC1CC2)c1ccc2cscc2c1. The first-order valence-corrected chi connectivity index (χ1v) is 8.23. The van der Waals surface area contributed by atoms with E-state index in [9.17, 15) is 4.79 Å². The highest BCUT2D eigenvalue weighted by Gasteiger charge is 2.34. The van der Waals surface area contributed by atoms with Crippen molar-refractivity contribution in [3.63, 3.8) is 0 Å². The quantitative estimate of drug-likeness (QED) is 0.920. The molecule has 1 aromatic carbocycles. The van der Waals surface area contributed by atoms with Gasteiger partial charge in [-0.25, -0.2) is 0 Å². The molecule has 3 fully saturated rings. The molecular weight excluding hydrogens is 268 g/mol. The molecule has 0 spiro atoms. The number of nitrogens with zero attached hydrogens (tertiary/aromatic N) is 1. The van der Waals surface area contributed by atoms with E-state index in [2.05, 4.69) is 21.0 Å². The lowest BCUT2D eigenvalue weighted by Gasteiger charge is -2.44. The summed E-state index contributed by atoms with van der Waals surface area (Å²) in [7, 11) is 0. The van der Waals surface area contributed by atoms with Gasteiger partial charge in [0.15, 0.2) is 0 Å². The summed E-state index contributed by atoms with van der Waals surface area (Å²) in [6.07, 6.45) is 2.46. The second-order valence-corrected chi connectivity index (χ2v) is 6.68. The largest absolute Gasteiger partial charge is 0.348 e. The summed E-state index contributed by atoms with van der Waals surface area (Å²) < 4.78 is 0. The Labute approximate surface area is 122 Å². The first-order valence-electron chi connectivity index (χ1n) is 7.29. The van der Waals surface area contributed by atoms with E-state index in [0.29, 0.717) is 12.0 Å². The third-order valence-electron chi connectivity index (χ3n) is 4.71. The highest BCUT2D eigenvalue weighted by Crippen LogP contribution is 2.28. The number of thiophene rings is 1. The maximum absolute atomic E-state index is 12.4. The molecule has 104 valence electrons. The van der Waals surface area contributed by atoms with E-state index in [1.54, 1.807) is 11.3 Å². The number of rotatable bonds is 2. The minimum absolute atomic E-state index is 0.0804. The van der Waals surface area contributed by atoms with Gasteiger partial charge in [-0.2, -0.15) is 11.3 Å². The van der Waals surface area contributed by atoms with Crippen molar-refractivity contribution in [3.8, 4) is 0 Å². The Balaban J connectivity index is 1.52. The van der Waals surface area contributed by atoms with Crippen molar-refractivity contribution in [1.29, 1.82) is 0 Å². The molecule has 1 atom stereocenters. The van der Waals surface area contributed by atoms with Gasteiger partial charge in [0.2, 0.25) is 0 Å². The van der Waals surface area contributed by atoms with E-state index >= 15 is 0 Å². The summed E-state index contributed by atoms with van der Waals surface area (Å²) in [6, 6.07) is 6.31. The molecule has 1 N–H and O–H groups in total. The van der Waals surface area contributed by atoms with E-state index in [1.165, 1.54) is 31.3 Å². The predicted octanol–water partition coefficient (Wildman–Crippen LogP) is 2.73. The van der Waals surface area contributed by atoms with Crippen molar-refractivity contribution in [3.05, 3.63) is 34.5 Å². The molecule has 3 saturated heterocycles. The molecule has 2 aromatic rings. The van der Waals surface area contributed by atoms with E-state index in [0.717, 1.165) is 17.5 Å². The van der Waals surface area contributed by atoms with Crippen LogP contribution in [-0.2, 0) is 0 Å². The molecule has 4 heterocycles. The average Bonchev–Trinajstić information content (AvgIpc) is 2.96. The molecule has 5 rings (SSSR count). The number of hydrogen-bond acceptors (Lipinski definition) is 3. The van der Waals surface area contributed by atoms with Crippen molar-refractivity contribution in [2.24, 2.45) is 5.92 Å². The third kappa shape index (κ3) is 2.13. The van der Waals surface area contributed by atoms with Crippen molar-refractivity contribution < 1.29 is 4.79 Å². The number of hydrogen-bond donors (Lipinski definition) is 1. The monoisotopic (exact) mass is 286 g/mol. The van der Waals surface area contributed by atoms with Crippen LogP contribution in [0.15, 0.2) is 29.0 Å². The fourth-order valence-corrected chi connectivity index (χ4v) is 4.27. The maximum Gasteiger partial charge on any atom is 0.251 e. The fourth-order valence-electron chi connectivity index (χ4n) is 3.49. The van der Waals surface area contributed by atoms with Gasteiger partial charge >= 0.3 is 0 Å². The summed E-state index contributed by atoms with van der Waals surface area (Å²) in [5.74, 6) is 0.755. The van der Waals surface area contributed by atoms with Gasteiger partial charge < -0.3 is 10.2 Å². The Morgan fingerprint density at radius 2 is 2.00 bits per heavy atom. The lowest BCUT2D eigenvalue weighted by Crippen LogP contribution is -2.57. The normalized spacial score (nSPS) is 28.7. The molecule has 20 heavy (non-hydrogen) atoms. The molecule has 2 bridgehead atoms. The van der Waals surface area contributed by atoms with Crippen LogP contribution in [0.2, 0.25) is 0 Å². The highest BCUT2D eigenvalue weighted by molar-refractivity contribution is 7.09. The minimum Gasteiger partial charge on any atom is -0.348 e. The van der Waals surface area contributed by atoms with Crippen LogP contribution in [0.5, 0.6) is 0 Å². The van der Waals surface area contributed by atoms with Gasteiger partial charge in [-0.1, -0.05) is 6.07 Å². The topological polar surface area (TPSA) is 32.3 Å². The summed E-state index contributed by atoms with van der Waals surface area (Å²) in [5, 5.41) is 9.84. The van der Waals surface area contributed by atoms with Gasteiger partial charge in [0.1, 0.15) is 0 Å². The minimum atomic E-state index is 0.0804. The molecule has 3 nitrogen and oxygen atoms in total. The Bertz CT molecular complexity index is 643. The van der Waals surface area contributed by atoms with E-state index < -0.39 is 0 Å². The zero-order chi connectivity index (χ0) is 13.5. The zero-order valence-electron chi connectivity index (χ0n) is 11.3. The van der Waals surface area contributed by atoms with Gasteiger partial charge in [0.05, 0.1) is 0 Å². The Morgan fingerprint density at radius 1 is 1.20 bits per heavy atom. The van der Waals surface area contributed by atoms with Crippen LogP contribution in [0.1, 0.15) is 23.2 Å². The van der Waals surface area contributed by atoms with E-state index in [4.69, 9.17) is 0 Å². The van der Waals surface area contributed by atoms with Crippen molar-refractivity contribution >= 4 is 28.0 Å². The molecule has 3 aliphatic heterocycles. The molecule has 1 amide bonds. The van der Waals surface area contributed by atoms with Gasteiger partial charge in [-0.15, -0.1) is 0 Å². The predicted molar refractivity (Wildman–Crippen MR) is 82.2 cm³/mol. The van der Waals surface area contributed by atoms with Crippen LogP contribution in [0.3, 0.4) is 0 Å². The van der Waals surface area contributed by atoms with Gasteiger partial charge in [0.25, 0.3) is 5.91 Å². The number of fused-ring (bicyclic) bond motifs is 4. The molecule has 0 saturated carbocycles. The van der Waals surface area contributed by atoms with Crippen molar-refractivity contribution in [2.75, 3.05) is 19.6 Å². The second kappa shape index (κ2) is 4.86. The smallest absolute Gasteiger partial charge is 0.251 e. The number of benzene rings is 1. The standard InChI is InChI=1S/C16H18N2OS/c19-16(12-1-2-13-9-20-10-14(13)7-12)17-15-8-18-5-3-11(15)4-6-18/h1-2,7,9-11,15H,3-6,8H2,(H,17,19)/t15-/m0/s1. The average molecular weight is 286 g/mol. The lowest BCUT2D eigenvalue weighted by atomic mass is 9.84. The van der Waals surface area contributed by atoms with Crippen LogP contribution in [-0.4, -0.2) is 36.5 Å².